The third-order valence-electron chi connectivity index (χ3n) is 4.68. The molecule has 0 spiro atoms. The van der Waals surface area contributed by atoms with Gasteiger partial charge >= 0.3 is 0 Å². The number of piperidine rings is 1. The molecule has 1 amide bonds. The van der Waals surface area contributed by atoms with E-state index in [0.717, 1.165) is 9.87 Å². The summed E-state index contributed by atoms with van der Waals surface area (Å²) >= 11 is 0. The van der Waals surface area contributed by atoms with Crippen molar-refractivity contribution in [3.05, 3.63) is 29.8 Å². The lowest BCUT2D eigenvalue weighted by atomic mass is 9.99. The number of carbonyl (C=O) groups excluding carboxylic acids is 1. The third-order valence-corrected chi connectivity index (χ3v) is 8.36. The SMILES string of the molecule is CCS(=O)(=O)N1CCCC(C(=O)NCc2ccc(S(=O)(=O)N(C)C)cc2)C1. The van der Waals surface area contributed by atoms with Crippen molar-refractivity contribution in [2.75, 3.05) is 32.9 Å². The van der Waals surface area contributed by atoms with Gasteiger partial charge < -0.3 is 5.32 Å². The molecule has 152 valence electrons. The molecule has 1 N–H and O–H groups in total. The third kappa shape index (κ3) is 5.28. The number of carbonyl (C=O) groups is 1. The molecule has 0 bridgehead atoms. The predicted octanol–water partition coefficient (Wildman–Crippen LogP) is 0.615. The van der Waals surface area contributed by atoms with Crippen molar-refractivity contribution < 1.29 is 21.6 Å². The molecular weight excluding hydrogens is 390 g/mol. The molecule has 27 heavy (non-hydrogen) atoms. The van der Waals surface area contributed by atoms with E-state index in [1.807, 2.05) is 0 Å². The number of nitrogens with zero attached hydrogens (tertiary/aromatic N) is 2. The van der Waals surface area contributed by atoms with E-state index in [1.165, 1.54) is 30.5 Å². The van der Waals surface area contributed by atoms with E-state index in [4.69, 9.17) is 0 Å². The van der Waals surface area contributed by atoms with Gasteiger partial charge in [0.05, 0.1) is 16.6 Å². The minimum Gasteiger partial charge on any atom is -0.352 e. The zero-order valence-corrected chi connectivity index (χ0v) is 17.5. The van der Waals surface area contributed by atoms with Crippen LogP contribution in [0.5, 0.6) is 0 Å². The van der Waals surface area contributed by atoms with E-state index in [9.17, 15) is 21.6 Å². The van der Waals surface area contributed by atoms with Gasteiger partial charge in [-0.05, 0) is 37.5 Å². The Morgan fingerprint density at radius 3 is 2.37 bits per heavy atom. The largest absolute Gasteiger partial charge is 0.352 e. The van der Waals surface area contributed by atoms with Gasteiger partial charge in [-0.25, -0.2) is 25.4 Å². The average molecular weight is 418 g/mol. The minimum absolute atomic E-state index is 0.0313. The molecule has 1 atom stereocenters. The lowest BCUT2D eigenvalue weighted by molar-refractivity contribution is -0.126. The van der Waals surface area contributed by atoms with Crippen LogP contribution < -0.4 is 5.32 Å². The normalized spacial score (nSPS) is 19.2. The highest BCUT2D eigenvalue weighted by Crippen LogP contribution is 2.20. The second-order valence-electron chi connectivity index (χ2n) is 6.75. The van der Waals surface area contributed by atoms with Crippen molar-refractivity contribution >= 4 is 26.0 Å². The van der Waals surface area contributed by atoms with Crippen LogP contribution >= 0.6 is 0 Å². The standard InChI is InChI=1S/C17H27N3O5S2/c1-4-26(22,23)20-11-5-6-15(13-20)17(21)18-12-14-7-9-16(10-8-14)27(24,25)19(2)3/h7-10,15H,4-6,11-13H2,1-3H3,(H,18,21). The first-order valence-corrected chi connectivity index (χ1v) is 11.9. The first-order valence-electron chi connectivity index (χ1n) is 8.85. The molecule has 1 unspecified atom stereocenters. The van der Waals surface area contributed by atoms with Crippen molar-refractivity contribution in [2.24, 2.45) is 5.92 Å². The van der Waals surface area contributed by atoms with Gasteiger partial charge in [-0.15, -0.1) is 0 Å². The highest BCUT2D eigenvalue weighted by molar-refractivity contribution is 7.89. The van der Waals surface area contributed by atoms with Gasteiger partial charge in [0.25, 0.3) is 0 Å². The Balaban J connectivity index is 1.95. The minimum atomic E-state index is -3.48. The van der Waals surface area contributed by atoms with Crippen molar-refractivity contribution in [3.8, 4) is 0 Å². The summed E-state index contributed by atoms with van der Waals surface area (Å²) < 4.78 is 50.7. The summed E-state index contributed by atoms with van der Waals surface area (Å²) in [6, 6.07) is 6.33. The van der Waals surface area contributed by atoms with E-state index in [-0.39, 0.29) is 35.6 Å². The second-order valence-corrected chi connectivity index (χ2v) is 11.2. The van der Waals surface area contributed by atoms with Crippen LogP contribution in [0.2, 0.25) is 0 Å². The molecule has 2 rings (SSSR count). The summed E-state index contributed by atoms with van der Waals surface area (Å²) in [7, 11) is -3.83. The number of amides is 1. The van der Waals surface area contributed by atoms with Gasteiger partial charge in [-0.2, -0.15) is 0 Å². The van der Waals surface area contributed by atoms with E-state index in [0.29, 0.717) is 19.4 Å². The Bertz CT molecular complexity index is 864. The molecule has 1 aliphatic heterocycles. The number of benzene rings is 1. The molecular formula is C17H27N3O5S2. The number of sulfonamides is 2. The molecule has 0 aromatic heterocycles. The monoisotopic (exact) mass is 417 g/mol. The molecule has 0 radical (unpaired) electrons. The fourth-order valence-electron chi connectivity index (χ4n) is 2.92. The van der Waals surface area contributed by atoms with Crippen LogP contribution in [-0.4, -0.2) is 64.3 Å². The van der Waals surface area contributed by atoms with Gasteiger partial charge in [0.15, 0.2) is 0 Å². The van der Waals surface area contributed by atoms with E-state index >= 15 is 0 Å². The van der Waals surface area contributed by atoms with Crippen LogP contribution in [0.1, 0.15) is 25.3 Å². The second kappa shape index (κ2) is 8.68. The molecule has 1 saturated heterocycles. The summed E-state index contributed by atoms with van der Waals surface area (Å²) in [5.74, 6) is -0.520. The fourth-order valence-corrected chi connectivity index (χ4v) is 5.00. The molecule has 1 heterocycles. The van der Waals surface area contributed by atoms with E-state index in [1.54, 1.807) is 19.1 Å². The molecule has 1 aromatic carbocycles. The van der Waals surface area contributed by atoms with Crippen LogP contribution in [0, 0.1) is 5.92 Å². The van der Waals surface area contributed by atoms with Crippen LogP contribution in [0.4, 0.5) is 0 Å². The maximum Gasteiger partial charge on any atom is 0.242 e. The Hall–Kier alpha value is -1.49. The summed E-state index contributed by atoms with van der Waals surface area (Å²) in [4.78, 5) is 12.6. The lowest BCUT2D eigenvalue weighted by Crippen LogP contribution is -2.45. The van der Waals surface area contributed by atoms with Crippen molar-refractivity contribution in [2.45, 2.75) is 31.2 Å². The number of nitrogens with one attached hydrogen (secondary N) is 1. The Morgan fingerprint density at radius 1 is 1.19 bits per heavy atom. The molecule has 8 nitrogen and oxygen atoms in total. The average Bonchev–Trinajstić information content (AvgIpc) is 2.66. The first kappa shape index (κ1) is 21.8. The smallest absolute Gasteiger partial charge is 0.242 e. The zero-order chi connectivity index (χ0) is 20.2. The first-order chi connectivity index (χ1) is 12.6. The van der Waals surface area contributed by atoms with Gasteiger partial charge in [-0.3, -0.25) is 4.79 Å². The Kier molecular flexibility index (Phi) is 7.01. The topological polar surface area (TPSA) is 104 Å². The molecule has 10 heteroatoms. The van der Waals surface area contributed by atoms with Crippen molar-refractivity contribution in [1.82, 2.24) is 13.9 Å². The van der Waals surface area contributed by atoms with Crippen LogP contribution in [-0.2, 0) is 31.4 Å². The quantitative estimate of drug-likeness (QED) is 0.700. The maximum atomic E-state index is 12.4. The van der Waals surface area contributed by atoms with E-state index in [2.05, 4.69) is 5.32 Å². The predicted molar refractivity (Wildman–Crippen MR) is 103 cm³/mol. The summed E-state index contributed by atoms with van der Waals surface area (Å²) in [6.45, 7) is 2.53. The summed E-state index contributed by atoms with van der Waals surface area (Å²) in [5.41, 5.74) is 0.773. The Morgan fingerprint density at radius 2 is 1.81 bits per heavy atom. The number of hydrogen-bond acceptors (Lipinski definition) is 5. The zero-order valence-electron chi connectivity index (χ0n) is 15.9. The molecule has 0 saturated carbocycles. The van der Waals surface area contributed by atoms with E-state index < -0.39 is 20.0 Å². The molecule has 1 fully saturated rings. The van der Waals surface area contributed by atoms with Gasteiger partial charge in [0.1, 0.15) is 0 Å². The summed E-state index contributed by atoms with van der Waals surface area (Å²) in [5, 5.41) is 2.82. The highest BCUT2D eigenvalue weighted by atomic mass is 32.2. The highest BCUT2D eigenvalue weighted by Gasteiger charge is 2.31. The number of rotatable bonds is 7. The van der Waals surface area contributed by atoms with Crippen molar-refractivity contribution in [1.29, 1.82) is 0 Å². The molecule has 0 aliphatic carbocycles. The van der Waals surface area contributed by atoms with Crippen LogP contribution in [0.15, 0.2) is 29.2 Å². The van der Waals surface area contributed by atoms with Crippen LogP contribution in [0.25, 0.3) is 0 Å². The fraction of sp³-hybridized carbons (Fsp3) is 0.588. The van der Waals surface area contributed by atoms with Gasteiger partial charge in [0, 0.05) is 33.7 Å². The van der Waals surface area contributed by atoms with Crippen molar-refractivity contribution in [3.63, 3.8) is 0 Å². The van der Waals surface area contributed by atoms with Gasteiger partial charge in [-0.1, -0.05) is 12.1 Å². The lowest BCUT2D eigenvalue weighted by Gasteiger charge is -2.30. The molecule has 1 aliphatic rings. The maximum absolute atomic E-state index is 12.4. The molecule has 1 aromatic rings. The number of hydrogen-bond donors (Lipinski definition) is 1. The Labute approximate surface area is 161 Å². The van der Waals surface area contributed by atoms with Crippen LogP contribution in [0.3, 0.4) is 0 Å². The van der Waals surface area contributed by atoms with Gasteiger partial charge in [0.2, 0.25) is 26.0 Å². The summed E-state index contributed by atoms with van der Waals surface area (Å²) in [6.07, 6.45) is 1.32.